The van der Waals surface area contributed by atoms with Gasteiger partial charge in [0.1, 0.15) is 0 Å². The zero-order valence-electron chi connectivity index (χ0n) is 7.93. The lowest BCUT2D eigenvalue weighted by Gasteiger charge is -2.23. The normalized spacial score (nSPS) is 30.4. The van der Waals surface area contributed by atoms with Crippen LogP contribution < -0.4 is 5.14 Å². The molecule has 1 atom stereocenters. The highest BCUT2D eigenvalue weighted by Crippen LogP contribution is 2.34. The second kappa shape index (κ2) is 3.16. The number of sulfone groups is 1. The Bertz CT molecular complexity index is 421. The predicted molar refractivity (Wildman–Crippen MR) is 50.5 cm³/mol. The van der Waals surface area contributed by atoms with E-state index in [2.05, 4.69) is 9.32 Å². The summed E-state index contributed by atoms with van der Waals surface area (Å²) in [7, 11) is -7.38. The Balaban J connectivity index is 2.98. The van der Waals surface area contributed by atoms with Crippen molar-refractivity contribution in [2.75, 3.05) is 5.75 Å². The lowest BCUT2D eigenvalue weighted by molar-refractivity contribution is 0.179. The number of nitrogens with two attached hydrogens (primary N) is 1. The van der Waals surface area contributed by atoms with Crippen LogP contribution >= 0.6 is 0 Å². The minimum Gasteiger partial charge on any atom is -0.253 e. The Hall–Kier alpha value is -0.180. The van der Waals surface area contributed by atoms with Gasteiger partial charge in [-0.25, -0.2) is 13.6 Å². The van der Waals surface area contributed by atoms with Crippen LogP contribution in [0.5, 0.6) is 0 Å². The van der Waals surface area contributed by atoms with Crippen molar-refractivity contribution >= 4 is 20.1 Å². The molecule has 1 rings (SSSR count). The van der Waals surface area contributed by atoms with Crippen molar-refractivity contribution in [3.05, 3.63) is 0 Å². The standard InChI is InChI=1S/C6H13NO5S2/c1-6(2)5(12-14(7,10)11)3-4-13(6,8)9/h5H,3-4H2,1-2H3,(H2,7,10,11). The number of hydrogen-bond donors (Lipinski definition) is 1. The van der Waals surface area contributed by atoms with Crippen LogP contribution in [0.15, 0.2) is 0 Å². The van der Waals surface area contributed by atoms with Gasteiger partial charge in [-0.3, -0.25) is 4.18 Å². The van der Waals surface area contributed by atoms with Gasteiger partial charge in [-0.2, -0.15) is 8.42 Å². The molecule has 14 heavy (non-hydrogen) atoms. The van der Waals surface area contributed by atoms with E-state index in [1.165, 1.54) is 13.8 Å². The van der Waals surface area contributed by atoms with Gasteiger partial charge in [-0.1, -0.05) is 0 Å². The molecule has 1 aliphatic heterocycles. The molecular formula is C6H13NO5S2. The molecule has 1 aliphatic rings. The Kier molecular flexibility index (Phi) is 2.68. The molecule has 1 heterocycles. The quantitative estimate of drug-likeness (QED) is 0.682. The molecule has 1 saturated heterocycles. The molecule has 8 heteroatoms. The Morgan fingerprint density at radius 3 is 2.21 bits per heavy atom. The fourth-order valence-corrected chi connectivity index (χ4v) is 3.74. The predicted octanol–water partition coefficient (Wildman–Crippen LogP) is -0.828. The van der Waals surface area contributed by atoms with Gasteiger partial charge < -0.3 is 0 Å². The Morgan fingerprint density at radius 2 is 1.93 bits per heavy atom. The van der Waals surface area contributed by atoms with Gasteiger partial charge in [-0.15, -0.1) is 0 Å². The van der Waals surface area contributed by atoms with Crippen LogP contribution in [0, 0.1) is 0 Å². The van der Waals surface area contributed by atoms with Crippen molar-refractivity contribution in [3.63, 3.8) is 0 Å². The maximum atomic E-state index is 11.5. The van der Waals surface area contributed by atoms with Crippen LogP contribution in [-0.2, 0) is 24.3 Å². The average Bonchev–Trinajstić information content (AvgIpc) is 2.10. The molecule has 0 spiro atoms. The minimum absolute atomic E-state index is 0.0693. The molecule has 0 bridgehead atoms. The second-order valence-electron chi connectivity index (χ2n) is 3.79. The third-order valence-electron chi connectivity index (χ3n) is 2.48. The van der Waals surface area contributed by atoms with Crippen LogP contribution in [0.4, 0.5) is 0 Å². The van der Waals surface area contributed by atoms with Crippen molar-refractivity contribution in [2.24, 2.45) is 5.14 Å². The molecular weight excluding hydrogens is 230 g/mol. The van der Waals surface area contributed by atoms with E-state index in [1.807, 2.05) is 0 Å². The third-order valence-corrected chi connectivity index (χ3v) is 5.62. The second-order valence-corrected chi connectivity index (χ2v) is 7.66. The summed E-state index contributed by atoms with van der Waals surface area (Å²) in [5.41, 5.74) is 0. The van der Waals surface area contributed by atoms with E-state index in [4.69, 9.17) is 0 Å². The highest BCUT2D eigenvalue weighted by Gasteiger charge is 2.49. The molecule has 0 amide bonds. The van der Waals surface area contributed by atoms with Crippen LogP contribution in [0.2, 0.25) is 0 Å². The van der Waals surface area contributed by atoms with E-state index in [1.54, 1.807) is 0 Å². The van der Waals surface area contributed by atoms with E-state index in [-0.39, 0.29) is 12.2 Å². The van der Waals surface area contributed by atoms with Crippen LogP contribution in [0.25, 0.3) is 0 Å². The first-order valence-corrected chi connectivity index (χ1v) is 7.12. The summed E-state index contributed by atoms with van der Waals surface area (Å²) in [4.78, 5) is 0. The number of hydrogen-bond acceptors (Lipinski definition) is 5. The summed E-state index contributed by atoms with van der Waals surface area (Å²) in [5, 5.41) is 4.68. The minimum atomic E-state index is -4.09. The molecule has 84 valence electrons. The topological polar surface area (TPSA) is 104 Å². The van der Waals surface area contributed by atoms with E-state index in [9.17, 15) is 16.8 Å². The fraction of sp³-hybridized carbons (Fsp3) is 1.00. The lowest BCUT2D eigenvalue weighted by atomic mass is 10.1. The molecule has 6 nitrogen and oxygen atoms in total. The summed E-state index contributed by atoms with van der Waals surface area (Å²) in [5.74, 6) is -0.0693. The van der Waals surface area contributed by atoms with Gasteiger partial charge in [0.05, 0.1) is 16.6 Å². The summed E-state index contributed by atoms with van der Waals surface area (Å²) in [6.45, 7) is 2.87. The van der Waals surface area contributed by atoms with Gasteiger partial charge in [0.2, 0.25) is 0 Å². The summed E-state index contributed by atoms with van der Waals surface area (Å²) >= 11 is 0. The molecule has 1 fully saturated rings. The zero-order valence-corrected chi connectivity index (χ0v) is 9.56. The first-order chi connectivity index (χ1) is 6.06. The van der Waals surface area contributed by atoms with Crippen molar-refractivity contribution in [2.45, 2.75) is 31.1 Å². The SMILES string of the molecule is CC1(C)C(OS(N)(=O)=O)CCS1(=O)=O. The highest BCUT2D eigenvalue weighted by atomic mass is 32.2. The highest BCUT2D eigenvalue weighted by molar-refractivity contribution is 7.93. The average molecular weight is 243 g/mol. The van der Waals surface area contributed by atoms with Crippen molar-refractivity contribution in [1.82, 2.24) is 0 Å². The van der Waals surface area contributed by atoms with Gasteiger partial charge in [0.25, 0.3) is 0 Å². The molecule has 0 aromatic heterocycles. The van der Waals surface area contributed by atoms with E-state index < -0.39 is 31.0 Å². The van der Waals surface area contributed by atoms with Gasteiger partial charge >= 0.3 is 10.3 Å². The first-order valence-electron chi connectivity index (χ1n) is 3.99. The fourth-order valence-electron chi connectivity index (χ4n) is 1.40. The van der Waals surface area contributed by atoms with Crippen LogP contribution in [-0.4, -0.2) is 33.4 Å². The Morgan fingerprint density at radius 1 is 1.43 bits per heavy atom. The van der Waals surface area contributed by atoms with Gasteiger partial charge in [-0.05, 0) is 20.3 Å². The van der Waals surface area contributed by atoms with Crippen LogP contribution in [0.1, 0.15) is 20.3 Å². The molecule has 1 unspecified atom stereocenters. The van der Waals surface area contributed by atoms with Gasteiger partial charge in [0, 0.05) is 0 Å². The van der Waals surface area contributed by atoms with Crippen molar-refractivity contribution in [1.29, 1.82) is 0 Å². The Labute approximate surface area is 83.6 Å². The molecule has 0 aromatic rings. The maximum Gasteiger partial charge on any atom is 0.333 e. The number of rotatable bonds is 2. The van der Waals surface area contributed by atoms with E-state index in [0.717, 1.165) is 0 Å². The smallest absolute Gasteiger partial charge is 0.253 e. The maximum absolute atomic E-state index is 11.5. The van der Waals surface area contributed by atoms with E-state index >= 15 is 0 Å². The summed E-state index contributed by atoms with van der Waals surface area (Å²) < 4.78 is 47.5. The zero-order chi connectivity index (χ0) is 11.2. The van der Waals surface area contributed by atoms with E-state index in [0.29, 0.717) is 0 Å². The molecule has 0 aromatic carbocycles. The molecule has 2 N–H and O–H groups in total. The molecule has 0 radical (unpaired) electrons. The van der Waals surface area contributed by atoms with Crippen LogP contribution in [0.3, 0.4) is 0 Å². The van der Waals surface area contributed by atoms with Crippen molar-refractivity contribution in [3.8, 4) is 0 Å². The molecule has 0 saturated carbocycles. The third kappa shape index (κ3) is 2.08. The summed E-state index contributed by atoms with van der Waals surface area (Å²) in [6, 6.07) is 0. The van der Waals surface area contributed by atoms with Gasteiger partial charge in [0.15, 0.2) is 9.84 Å². The summed E-state index contributed by atoms with van der Waals surface area (Å²) in [6.07, 6.45) is -0.728. The first kappa shape index (κ1) is 11.9. The largest absolute Gasteiger partial charge is 0.333 e. The molecule has 0 aliphatic carbocycles. The lowest BCUT2D eigenvalue weighted by Crippen LogP contribution is -2.41. The monoisotopic (exact) mass is 243 g/mol. The van der Waals surface area contributed by atoms with Crippen molar-refractivity contribution < 1.29 is 21.0 Å².